The predicted molar refractivity (Wildman–Crippen MR) is 72.5 cm³/mol. The normalized spacial score (nSPS) is 16.4. The van der Waals surface area contributed by atoms with Gasteiger partial charge in [0, 0.05) is 0 Å². The minimum Gasteiger partial charge on any atom is -0.0958 e. The van der Waals surface area contributed by atoms with Gasteiger partial charge in [0.1, 0.15) is 0 Å². The van der Waals surface area contributed by atoms with E-state index in [2.05, 4.69) is 54.8 Å². The topological polar surface area (TPSA) is 0 Å². The van der Waals surface area contributed by atoms with Crippen LogP contribution in [-0.2, 0) is 0 Å². The second-order valence-electron chi connectivity index (χ2n) is 3.64. The maximum atomic E-state index is 4.01. The lowest BCUT2D eigenvalue weighted by Crippen LogP contribution is -1.86. The molecule has 0 bridgehead atoms. The Morgan fingerprint density at radius 3 is 2.36 bits per heavy atom. The van der Waals surface area contributed by atoms with E-state index in [4.69, 9.17) is 0 Å². The molecule has 0 aromatic carbocycles. The van der Waals surface area contributed by atoms with E-state index in [1.54, 1.807) is 0 Å². The molecular formula is C13H15I. The summed E-state index contributed by atoms with van der Waals surface area (Å²) in [6, 6.07) is 0. The lowest BCUT2D eigenvalue weighted by molar-refractivity contribution is 1.18. The van der Waals surface area contributed by atoms with Crippen molar-refractivity contribution < 1.29 is 0 Å². The molecule has 0 radical (unpaired) electrons. The van der Waals surface area contributed by atoms with E-state index in [-0.39, 0.29) is 0 Å². The SMILES string of the molecule is C=C(C)C1=C(C(=C)C)CC(/C=C/I)=C1. The Balaban J connectivity index is 3.03. The van der Waals surface area contributed by atoms with Crippen molar-refractivity contribution in [2.45, 2.75) is 20.3 Å². The Morgan fingerprint density at radius 2 is 2.00 bits per heavy atom. The number of hydrogen-bond acceptors (Lipinski definition) is 0. The van der Waals surface area contributed by atoms with E-state index >= 15 is 0 Å². The molecular weight excluding hydrogens is 283 g/mol. The molecule has 0 spiro atoms. The molecule has 0 N–H and O–H groups in total. The highest BCUT2D eigenvalue weighted by atomic mass is 127. The molecule has 0 amide bonds. The first-order valence-electron chi connectivity index (χ1n) is 4.58. The van der Waals surface area contributed by atoms with Gasteiger partial charge in [-0.05, 0) is 41.1 Å². The molecule has 0 saturated carbocycles. The molecule has 0 fully saturated rings. The monoisotopic (exact) mass is 298 g/mol. The van der Waals surface area contributed by atoms with Crippen molar-refractivity contribution in [3.05, 3.63) is 57.3 Å². The van der Waals surface area contributed by atoms with Crippen LogP contribution in [0.2, 0.25) is 0 Å². The van der Waals surface area contributed by atoms with Crippen molar-refractivity contribution in [2.75, 3.05) is 0 Å². The summed E-state index contributed by atoms with van der Waals surface area (Å²) < 4.78 is 2.04. The summed E-state index contributed by atoms with van der Waals surface area (Å²) >= 11 is 2.24. The first-order valence-corrected chi connectivity index (χ1v) is 5.83. The van der Waals surface area contributed by atoms with Gasteiger partial charge in [-0.2, -0.15) is 0 Å². The van der Waals surface area contributed by atoms with Gasteiger partial charge in [-0.1, -0.05) is 59.0 Å². The fourth-order valence-corrected chi connectivity index (χ4v) is 2.03. The molecule has 0 atom stereocenters. The van der Waals surface area contributed by atoms with Gasteiger partial charge in [0.2, 0.25) is 0 Å². The number of hydrogen-bond donors (Lipinski definition) is 0. The molecule has 0 saturated heterocycles. The molecule has 0 heterocycles. The first kappa shape index (κ1) is 11.5. The Bertz CT molecular complexity index is 365. The van der Waals surface area contributed by atoms with Gasteiger partial charge in [-0.3, -0.25) is 0 Å². The summed E-state index contributed by atoms with van der Waals surface area (Å²) in [5.74, 6) is 0. The predicted octanol–water partition coefficient (Wildman–Crippen LogP) is 4.71. The van der Waals surface area contributed by atoms with E-state index < -0.39 is 0 Å². The molecule has 0 nitrogen and oxygen atoms in total. The molecule has 0 aromatic heterocycles. The zero-order chi connectivity index (χ0) is 10.7. The summed E-state index contributed by atoms with van der Waals surface area (Å²) in [6.45, 7) is 12.1. The standard InChI is InChI=1S/C13H15I/c1-9(2)12-7-11(5-6-14)8-13(12)10(3)4/h5-7H,1,3,8H2,2,4H3/b6-5+. The minimum atomic E-state index is 0.997. The maximum absolute atomic E-state index is 4.01. The zero-order valence-electron chi connectivity index (χ0n) is 8.73. The molecule has 1 rings (SSSR count). The van der Waals surface area contributed by atoms with Crippen LogP contribution in [0.3, 0.4) is 0 Å². The molecule has 1 heteroatoms. The van der Waals surface area contributed by atoms with Crippen molar-refractivity contribution in [3.63, 3.8) is 0 Å². The number of allylic oxidation sites excluding steroid dienone is 7. The summed E-state index contributed by atoms with van der Waals surface area (Å²) in [4.78, 5) is 0. The third-order valence-electron chi connectivity index (χ3n) is 2.29. The lowest BCUT2D eigenvalue weighted by Gasteiger charge is -2.05. The summed E-state index contributed by atoms with van der Waals surface area (Å²) in [7, 11) is 0. The molecule has 14 heavy (non-hydrogen) atoms. The van der Waals surface area contributed by atoms with Crippen molar-refractivity contribution in [3.8, 4) is 0 Å². The van der Waals surface area contributed by atoms with Gasteiger partial charge in [-0.15, -0.1) is 0 Å². The van der Waals surface area contributed by atoms with E-state index in [1.807, 2.05) is 11.0 Å². The third kappa shape index (κ3) is 2.47. The summed E-state index contributed by atoms with van der Waals surface area (Å²) in [6.07, 6.45) is 5.35. The van der Waals surface area contributed by atoms with Crippen LogP contribution >= 0.6 is 22.6 Å². The van der Waals surface area contributed by atoms with Gasteiger partial charge in [0.15, 0.2) is 0 Å². The highest BCUT2D eigenvalue weighted by Gasteiger charge is 2.14. The van der Waals surface area contributed by atoms with Crippen LogP contribution in [0.1, 0.15) is 20.3 Å². The second kappa shape index (κ2) is 4.78. The smallest absolute Gasteiger partial charge is 0.00169 e. The Labute approximate surface area is 99.9 Å². The molecule has 1 aliphatic rings. The summed E-state index contributed by atoms with van der Waals surface area (Å²) in [5, 5.41) is 0. The third-order valence-corrected chi connectivity index (χ3v) is 2.65. The van der Waals surface area contributed by atoms with Crippen LogP contribution in [0.15, 0.2) is 57.3 Å². The number of halogens is 1. The van der Waals surface area contributed by atoms with Gasteiger partial charge >= 0.3 is 0 Å². The van der Waals surface area contributed by atoms with Crippen molar-refractivity contribution >= 4 is 22.6 Å². The Hall–Kier alpha value is -0.570. The molecule has 74 valence electrons. The quantitative estimate of drug-likeness (QED) is 0.662. The van der Waals surface area contributed by atoms with E-state index in [0.717, 1.165) is 17.6 Å². The van der Waals surface area contributed by atoms with Crippen LogP contribution in [0, 0.1) is 0 Å². The van der Waals surface area contributed by atoms with Crippen LogP contribution < -0.4 is 0 Å². The van der Waals surface area contributed by atoms with E-state index in [0.29, 0.717) is 0 Å². The summed E-state index contributed by atoms with van der Waals surface area (Å²) in [5.41, 5.74) is 6.22. The molecule has 0 aliphatic heterocycles. The molecule has 0 aromatic rings. The van der Waals surface area contributed by atoms with Crippen LogP contribution in [0.4, 0.5) is 0 Å². The van der Waals surface area contributed by atoms with Crippen molar-refractivity contribution in [1.29, 1.82) is 0 Å². The number of rotatable bonds is 3. The first-order chi connectivity index (χ1) is 6.56. The lowest BCUT2D eigenvalue weighted by atomic mass is 10.00. The highest BCUT2D eigenvalue weighted by molar-refractivity contribution is 14.1. The fraction of sp³-hybridized carbons (Fsp3) is 0.231. The zero-order valence-corrected chi connectivity index (χ0v) is 10.9. The molecule has 0 unspecified atom stereocenters. The van der Waals surface area contributed by atoms with E-state index in [1.165, 1.54) is 16.7 Å². The maximum Gasteiger partial charge on any atom is -0.00169 e. The highest BCUT2D eigenvalue weighted by Crippen LogP contribution is 2.33. The van der Waals surface area contributed by atoms with Gasteiger partial charge < -0.3 is 0 Å². The van der Waals surface area contributed by atoms with Crippen LogP contribution in [0.25, 0.3) is 0 Å². The Kier molecular flexibility index (Phi) is 3.93. The Morgan fingerprint density at radius 1 is 1.36 bits per heavy atom. The van der Waals surface area contributed by atoms with Gasteiger partial charge in [0.05, 0.1) is 0 Å². The van der Waals surface area contributed by atoms with Crippen molar-refractivity contribution in [1.82, 2.24) is 0 Å². The second-order valence-corrected chi connectivity index (χ2v) is 4.36. The average Bonchev–Trinajstić information content (AvgIpc) is 2.49. The average molecular weight is 298 g/mol. The van der Waals surface area contributed by atoms with Crippen molar-refractivity contribution in [2.24, 2.45) is 0 Å². The van der Waals surface area contributed by atoms with Crippen LogP contribution in [0.5, 0.6) is 0 Å². The fourth-order valence-electron chi connectivity index (χ4n) is 1.57. The van der Waals surface area contributed by atoms with E-state index in [9.17, 15) is 0 Å². The van der Waals surface area contributed by atoms with Gasteiger partial charge in [0.25, 0.3) is 0 Å². The minimum absolute atomic E-state index is 0.997. The van der Waals surface area contributed by atoms with Gasteiger partial charge in [-0.25, -0.2) is 0 Å². The van der Waals surface area contributed by atoms with Crippen LogP contribution in [-0.4, -0.2) is 0 Å². The molecule has 1 aliphatic carbocycles. The largest absolute Gasteiger partial charge is 0.0958 e.